The number of hydrogen-bond donors (Lipinski definition) is 1. The summed E-state index contributed by atoms with van der Waals surface area (Å²) in [5.41, 5.74) is 0.352. The van der Waals surface area contributed by atoms with Crippen molar-refractivity contribution in [2.24, 2.45) is 11.3 Å². The lowest BCUT2D eigenvalue weighted by Crippen LogP contribution is -2.38. The third kappa shape index (κ3) is 5.26. The number of piperidine rings is 1. The molecule has 0 aromatic heterocycles. The Labute approximate surface area is 129 Å². The van der Waals surface area contributed by atoms with Crippen LogP contribution in [0.2, 0.25) is 0 Å². The van der Waals surface area contributed by atoms with Gasteiger partial charge < -0.3 is 15.0 Å². The highest BCUT2D eigenvalue weighted by Crippen LogP contribution is 2.34. The fourth-order valence-corrected chi connectivity index (χ4v) is 3.45. The van der Waals surface area contributed by atoms with Crippen molar-refractivity contribution < 1.29 is 9.53 Å². The second-order valence-electron chi connectivity index (χ2n) is 7.64. The van der Waals surface area contributed by atoms with E-state index in [0.29, 0.717) is 5.41 Å². The summed E-state index contributed by atoms with van der Waals surface area (Å²) in [5.74, 6) is 0.906. The van der Waals surface area contributed by atoms with E-state index in [1.54, 1.807) is 0 Å². The molecule has 4 heteroatoms. The summed E-state index contributed by atoms with van der Waals surface area (Å²) in [6.07, 6.45) is 5.81. The second-order valence-corrected chi connectivity index (χ2v) is 7.64. The Kier molecular flexibility index (Phi) is 6.06. The van der Waals surface area contributed by atoms with Crippen LogP contribution in [0, 0.1) is 11.3 Å². The normalized spacial score (nSPS) is 25.7. The van der Waals surface area contributed by atoms with Gasteiger partial charge in [-0.3, -0.25) is 4.79 Å². The zero-order valence-corrected chi connectivity index (χ0v) is 14.0. The fourth-order valence-electron chi connectivity index (χ4n) is 3.45. The highest BCUT2D eigenvalue weighted by Gasteiger charge is 2.28. The molecule has 2 aliphatic heterocycles. The Morgan fingerprint density at radius 1 is 1.14 bits per heavy atom. The molecule has 21 heavy (non-hydrogen) atoms. The topological polar surface area (TPSA) is 41.6 Å². The van der Waals surface area contributed by atoms with Crippen LogP contribution < -0.4 is 5.32 Å². The van der Waals surface area contributed by atoms with Crippen LogP contribution in [0.25, 0.3) is 0 Å². The molecule has 0 saturated carbocycles. The smallest absolute Gasteiger partial charge is 0.248 e. The van der Waals surface area contributed by atoms with Gasteiger partial charge in [-0.2, -0.15) is 0 Å². The van der Waals surface area contributed by atoms with Crippen LogP contribution in [0.1, 0.15) is 52.9 Å². The third-order valence-electron chi connectivity index (χ3n) is 5.03. The summed E-state index contributed by atoms with van der Waals surface area (Å²) in [6.45, 7) is 11.0. The van der Waals surface area contributed by atoms with Crippen LogP contribution in [0.4, 0.5) is 0 Å². The van der Waals surface area contributed by atoms with E-state index in [-0.39, 0.29) is 18.6 Å². The van der Waals surface area contributed by atoms with Gasteiger partial charge in [0.25, 0.3) is 0 Å². The van der Waals surface area contributed by atoms with Gasteiger partial charge in [0.1, 0.15) is 6.61 Å². The van der Waals surface area contributed by atoms with E-state index in [4.69, 9.17) is 4.74 Å². The van der Waals surface area contributed by atoms with Crippen molar-refractivity contribution in [2.75, 3.05) is 32.8 Å². The highest BCUT2D eigenvalue weighted by molar-refractivity contribution is 5.77. The van der Waals surface area contributed by atoms with E-state index < -0.39 is 0 Å². The van der Waals surface area contributed by atoms with Crippen molar-refractivity contribution in [1.29, 1.82) is 0 Å². The molecule has 4 nitrogen and oxygen atoms in total. The number of ether oxygens (including phenoxy) is 1. The molecule has 0 aromatic carbocycles. The van der Waals surface area contributed by atoms with Crippen molar-refractivity contribution in [3.8, 4) is 0 Å². The second kappa shape index (κ2) is 7.59. The minimum Gasteiger partial charge on any atom is -0.368 e. The molecule has 2 rings (SSSR count). The average Bonchev–Trinajstić information content (AvgIpc) is 2.71. The number of carbonyl (C=O) groups is 1. The number of nitrogens with zero attached hydrogens (tertiary/aromatic N) is 1. The van der Waals surface area contributed by atoms with Crippen LogP contribution in [-0.2, 0) is 9.53 Å². The van der Waals surface area contributed by atoms with Crippen molar-refractivity contribution in [1.82, 2.24) is 10.2 Å². The number of nitrogens with one attached hydrogen (secondary N) is 1. The predicted octanol–water partition coefficient (Wildman–Crippen LogP) is 2.43. The molecule has 1 amide bonds. The lowest BCUT2D eigenvalue weighted by atomic mass is 9.77. The number of likely N-dealkylation sites (tertiary alicyclic amines) is 1. The van der Waals surface area contributed by atoms with Crippen molar-refractivity contribution >= 4 is 5.91 Å². The van der Waals surface area contributed by atoms with Crippen LogP contribution in [-0.4, -0.2) is 49.7 Å². The van der Waals surface area contributed by atoms with Crippen LogP contribution >= 0.6 is 0 Å². The quantitative estimate of drug-likeness (QED) is 0.869. The number of amides is 1. The Bertz CT molecular complexity index is 332. The Hall–Kier alpha value is -0.610. The van der Waals surface area contributed by atoms with Crippen LogP contribution in [0.15, 0.2) is 0 Å². The van der Waals surface area contributed by atoms with Gasteiger partial charge in [0.05, 0.1) is 6.10 Å². The van der Waals surface area contributed by atoms with E-state index in [2.05, 4.69) is 26.1 Å². The van der Waals surface area contributed by atoms with Gasteiger partial charge in [-0.15, -0.1) is 0 Å². The maximum Gasteiger partial charge on any atom is 0.248 e. The lowest BCUT2D eigenvalue weighted by molar-refractivity contribution is -0.138. The van der Waals surface area contributed by atoms with Gasteiger partial charge in [-0.1, -0.05) is 20.8 Å². The van der Waals surface area contributed by atoms with Crippen molar-refractivity contribution in [2.45, 2.75) is 59.0 Å². The van der Waals surface area contributed by atoms with Crippen LogP contribution in [0.5, 0.6) is 0 Å². The first-order valence-electron chi connectivity index (χ1n) is 8.57. The summed E-state index contributed by atoms with van der Waals surface area (Å²) < 4.78 is 5.80. The first-order valence-corrected chi connectivity index (χ1v) is 8.57. The molecular formula is C17H32N2O2. The molecule has 2 heterocycles. The number of carbonyl (C=O) groups excluding carboxylic acids is 1. The average molecular weight is 296 g/mol. The third-order valence-corrected chi connectivity index (χ3v) is 5.03. The molecule has 0 spiro atoms. The molecular weight excluding hydrogens is 264 g/mol. The molecule has 1 atom stereocenters. The summed E-state index contributed by atoms with van der Waals surface area (Å²) in [4.78, 5) is 14.4. The minimum absolute atomic E-state index is 0.183. The Morgan fingerprint density at radius 2 is 1.86 bits per heavy atom. The highest BCUT2D eigenvalue weighted by atomic mass is 16.5. The van der Waals surface area contributed by atoms with Crippen molar-refractivity contribution in [3.63, 3.8) is 0 Å². The first-order chi connectivity index (χ1) is 9.97. The molecule has 0 aromatic rings. The van der Waals surface area contributed by atoms with E-state index >= 15 is 0 Å². The summed E-state index contributed by atoms with van der Waals surface area (Å²) in [6, 6.07) is 0. The molecule has 2 aliphatic rings. The number of hydrogen-bond acceptors (Lipinski definition) is 3. The van der Waals surface area contributed by atoms with E-state index in [0.717, 1.165) is 57.8 Å². The monoisotopic (exact) mass is 296 g/mol. The maximum atomic E-state index is 12.3. The minimum atomic E-state index is 0.183. The summed E-state index contributed by atoms with van der Waals surface area (Å²) >= 11 is 0. The van der Waals surface area contributed by atoms with Gasteiger partial charge in [-0.05, 0) is 56.5 Å². The van der Waals surface area contributed by atoms with E-state index in [1.165, 1.54) is 6.42 Å². The fraction of sp³-hybridized carbons (Fsp3) is 0.941. The molecule has 2 fully saturated rings. The molecule has 1 N–H and O–H groups in total. The van der Waals surface area contributed by atoms with E-state index in [9.17, 15) is 4.79 Å². The molecule has 1 unspecified atom stereocenters. The molecule has 122 valence electrons. The summed E-state index contributed by atoms with van der Waals surface area (Å²) in [7, 11) is 0. The van der Waals surface area contributed by atoms with Gasteiger partial charge in [0, 0.05) is 13.1 Å². The number of rotatable bonds is 3. The Balaban J connectivity index is 1.74. The van der Waals surface area contributed by atoms with Crippen LogP contribution in [0.3, 0.4) is 0 Å². The molecule has 0 radical (unpaired) electrons. The van der Waals surface area contributed by atoms with Gasteiger partial charge in [0.15, 0.2) is 0 Å². The molecule has 0 bridgehead atoms. The van der Waals surface area contributed by atoms with Gasteiger partial charge in [-0.25, -0.2) is 0 Å². The zero-order valence-electron chi connectivity index (χ0n) is 14.0. The molecule has 2 saturated heterocycles. The van der Waals surface area contributed by atoms with Crippen molar-refractivity contribution in [3.05, 3.63) is 0 Å². The lowest BCUT2D eigenvalue weighted by Gasteiger charge is -2.30. The van der Waals surface area contributed by atoms with E-state index in [1.807, 2.05) is 4.90 Å². The van der Waals surface area contributed by atoms with Gasteiger partial charge in [0.2, 0.25) is 5.91 Å². The predicted molar refractivity (Wildman–Crippen MR) is 85.2 cm³/mol. The largest absolute Gasteiger partial charge is 0.368 e. The van der Waals surface area contributed by atoms with Gasteiger partial charge >= 0.3 is 0 Å². The standard InChI is InChI=1S/C17H32N2O2/c1-17(2,3)14-5-4-11-19(12-8-14)16(20)13-21-15-6-9-18-10-7-15/h14-15,18H,4-13H2,1-3H3. The first kappa shape index (κ1) is 16.8. The SMILES string of the molecule is CC(C)(C)C1CCCN(C(=O)COC2CCNCC2)CC1. The zero-order chi connectivity index (χ0) is 15.3. The summed E-state index contributed by atoms with van der Waals surface area (Å²) in [5, 5.41) is 3.32. The Morgan fingerprint density at radius 3 is 2.52 bits per heavy atom. The molecule has 0 aliphatic carbocycles. The maximum absolute atomic E-state index is 12.3.